The number of rotatable bonds is 4. The topological polar surface area (TPSA) is 50.2 Å². The highest BCUT2D eigenvalue weighted by Crippen LogP contribution is 2.25. The molecule has 2 aromatic rings. The van der Waals surface area contributed by atoms with Crippen LogP contribution in [0.5, 0.6) is 0 Å². The smallest absolute Gasteiger partial charge is 0.354 e. The number of hydrogen-bond donors (Lipinski definition) is 1. The molecule has 0 unspecified atom stereocenters. The van der Waals surface area contributed by atoms with E-state index in [1.165, 1.54) is 11.6 Å². The molecule has 18 heavy (non-hydrogen) atoms. The van der Waals surface area contributed by atoms with Gasteiger partial charge in [0.25, 0.3) is 0 Å². The van der Waals surface area contributed by atoms with E-state index in [1.807, 2.05) is 18.2 Å². The maximum absolute atomic E-state index is 10.9. The van der Waals surface area contributed by atoms with Gasteiger partial charge in [0, 0.05) is 5.39 Å². The number of halogens is 1. The van der Waals surface area contributed by atoms with Crippen LogP contribution in [-0.2, 0) is 6.42 Å². The molecule has 2 rings (SSSR count). The first-order chi connectivity index (χ1) is 8.61. The van der Waals surface area contributed by atoms with Crippen LogP contribution in [0.15, 0.2) is 24.3 Å². The number of nitrogens with zero attached hydrogens (tertiary/aromatic N) is 1. The highest BCUT2D eigenvalue weighted by atomic mass is 35.5. The predicted molar refractivity (Wildman–Crippen MR) is 72.3 cm³/mol. The van der Waals surface area contributed by atoms with Crippen molar-refractivity contribution in [1.82, 2.24) is 4.98 Å². The molecular weight excluding hydrogens is 250 g/mol. The predicted octanol–water partition coefficient (Wildman–Crippen LogP) is 3.93. The lowest BCUT2D eigenvalue weighted by atomic mass is 10.1. The summed E-state index contributed by atoms with van der Waals surface area (Å²) in [6.45, 7) is 2.15. The Bertz CT molecular complexity index is 596. The van der Waals surface area contributed by atoms with Crippen molar-refractivity contribution in [1.29, 1.82) is 0 Å². The molecule has 0 aliphatic carbocycles. The molecule has 0 atom stereocenters. The largest absolute Gasteiger partial charge is 0.477 e. The summed E-state index contributed by atoms with van der Waals surface area (Å²) < 4.78 is 0. The van der Waals surface area contributed by atoms with Gasteiger partial charge in [0.2, 0.25) is 0 Å². The van der Waals surface area contributed by atoms with E-state index in [1.54, 1.807) is 0 Å². The lowest BCUT2D eigenvalue weighted by Gasteiger charge is -2.05. The zero-order valence-electron chi connectivity index (χ0n) is 10.1. The third kappa shape index (κ3) is 2.62. The van der Waals surface area contributed by atoms with E-state index in [0.29, 0.717) is 10.5 Å². The highest BCUT2D eigenvalue weighted by molar-refractivity contribution is 6.35. The summed E-state index contributed by atoms with van der Waals surface area (Å²) in [5, 5.41) is 10.2. The molecule has 1 heterocycles. The van der Waals surface area contributed by atoms with Crippen LogP contribution in [0.25, 0.3) is 10.9 Å². The number of carboxylic acids is 1. The zero-order valence-corrected chi connectivity index (χ0v) is 10.9. The molecule has 0 radical (unpaired) electrons. The summed E-state index contributed by atoms with van der Waals surface area (Å²) in [5.41, 5.74) is 1.81. The number of unbranched alkanes of at least 4 members (excludes halogenated alkanes) is 1. The van der Waals surface area contributed by atoms with Gasteiger partial charge in [-0.1, -0.05) is 31.0 Å². The second-order valence-electron chi connectivity index (χ2n) is 4.25. The van der Waals surface area contributed by atoms with Crippen LogP contribution in [0.1, 0.15) is 35.8 Å². The number of aryl methyl sites for hydroxylation is 1. The summed E-state index contributed by atoms with van der Waals surface area (Å²) in [4.78, 5) is 15.0. The average Bonchev–Trinajstić information content (AvgIpc) is 2.36. The Kier molecular flexibility index (Phi) is 3.82. The van der Waals surface area contributed by atoms with Gasteiger partial charge in [0.15, 0.2) is 0 Å². The van der Waals surface area contributed by atoms with Crippen molar-refractivity contribution in [2.45, 2.75) is 26.2 Å². The molecule has 1 aromatic carbocycles. The zero-order chi connectivity index (χ0) is 13.1. The summed E-state index contributed by atoms with van der Waals surface area (Å²) >= 11 is 6.11. The Morgan fingerprint density at radius 1 is 1.39 bits per heavy atom. The normalized spacial score (nSPS) is 10.8. The Balaban J connectivity index is 2.47. The van der Waals surface area contributed by atoms with E-state index < -0.39 is 5.97 Å². The first-order valence-corrected chi connectivity index (χ1v) is 6.32. The number of hydrogen-bond acceptors (Lipinski definition) is 2. The number of carboxylic acid groups (broad SMARTS) is 1. The lowest BCUT2D eigenvalue weighted by molar-refractivity contribution is 0.0691. The minimum atomic E-state index is -1.06. The first kappa shape index (κ1) is 12.8. The van der Waals surface area contributed by atoms with Crippen LogP contribution >= 0.6 is 11.6 Å². The molecule has 0 fully saturated rings. The fourth-order valence-electron chi connectivity index (χ4n) is 1.88. The highest BCUT2D eigenvalue weighted by Gasteiger charge is 2.10. The van der Waals surface area contributed by atoms with Crippen molar-refractivity contribution in [3.8, 4) is 0 Å². The Morgan fingerprint density at radius 3 is 2.83 bits per heavy atom. The van der Waals surface area contributed by atoms with Crippen molar-refractivity contribution >= 4 is 28.5 Å². The van der Waals surface area contributed by atoms with Gasteiger partial charge in [-0.2, -0.15) is 0 Å². The maximum Gasteiger partial charge on any atom is 0.354 e. The van der Waals surface area contributed by atoms with Crippen LogP contribution in [0.4, 0.5) is 0 Å². The number of aromatic carboxylic acids is 1. The van der Waals surface area contributed by atoms with Gasteiger partial charge >= 0.3 is 5.97 Å². The molecule has 94 valence electrons. The molecule has 0 saturated carbocycles. The van der Waals surface area contributed by atoms with Crippen LogP contribution < -0.4 is 0 Å². The number of aromatic nitrogens is 1. The van der Waals surface area contributed by atoms with Crippen molar-refractivity contribution < 1.29 is 9.90 Å². The average molecular weight is 264 g/mol. The molecule has 0 saturated heterocycles. The van der Waals surface area contributed by atoms with Gasteiger partial charge in [-0.25, -0.2) is 9.78 Å². The van der Waals surface area contributed by atoms with Crippen LogP contribution in [0, 0.1) is 0 Å². The molecule has 0 aliphatic rings. The standard InChI is InChI=1S/C14H14ClNO2/c1-2-3-4-9-5-6-12-10(7-9)11(15)8-13(16-12)14(17)18/h5-8H,2-4H2,1H3,(H,17,18). The molecular formula is C14H14ClNO2. The fourth-order valence-corrected chi connectivity index (χ4v) is 2.13. The first-order valence-electron chi connectivity index (χ1n) is 5.94. The number of pyridine rings is 1. The molecule has 0 aliphatic heterocycles. The Labute approximate surface area is 110 Å². The van der Waals surface area contributed by atoms with E-state index in [0.717, 1.165) is 24.6 Å². The van der Waals surface area contributed by atoms with Crippen molar-refractivity contribution in [2.75, 3.05) is 0 Å². The minimum absolute atomic E-state index is 0.0196. The molecule has 0 amide bonds. The van der Waals surface area contributed by atoms with E-state index in [9.17, 15) is 4.79 Å². The third-order valence-corrected chi connectivity index (χ3v) is 3.17. The summed E-state index contributed by atoms with van der Waals surface area (Å²) in [6, 6.07) is 7.20. The van der Waals surface area contributed by atoms with Crippen LogP contribution in [0.3, 0.4) is 0 Å². The molecule has 1 N–H and O–H groups in total. The summed E-state index contributed by atoms with van der Waals surface area (Å²) in [5.74, 6) is -1.06. The molecule has 1 aromatic heterocycles. The summed E-state index contributed by atoms with van der Waals surface area (Å²) in [6.07, 6.45) is 3.27. The molecule has 4 heteroatoms. The van der Waals surface area contributed by atoms with E-state index >= 15 is 0 Å². The quantitative estimate of drug-likeness (QED) is 0.909. The van der Waals surface area contributed by atoms with Gasteiger partial charge in [-0.3, -0.25) is 0 Å². The van der Waals surface area contributed by atoms with E-state index in [4.69, 9.17) is 16.7 Å². The van der Waals surface area contributed by atoms with Gasteiger partial charge in [0.05, 0.1) is 10.5 Å². The van der Waals surface area contributed by atoms with Gasteiger partial charge in [-0.15, -0.1) is 0 Å². The van der Waals surface area contributed by atoms with E-state index in [-0.39, 0.29) is 5.69 Å². The van der Waals surface area contributed by atoms with Crippen LogP contribution in [0.2, 0.25) is 5.02 Å². The monoisotopic (exact) mass is 263 g/mol. The fraction of sp³-hybridized carbons (Fsp3) is 0.286. The number of benzene rings is 1. The maximum atomic E-state index is 10.9. The molecule has 0 bridgehead atoms. The molecule has 0 spiro atoms. The van der Waals surface area contributed by atoms with E-state index in [2.05, 4.69) is 11.9 Å². The Hall–Kier alpha value is -1.61. The van der Waals surface area contributed by atoms with Crippen LogP contribution in [-0.4, -0.2) is 16.1 Å². The molecule has 3 nitrogen and oxygen atoms in total. The summed E-state index contributed by atoms with van der Waals surface area (Å²) in [7, 11) is 0. The number of fused-ring (bicyclic) bond motifs is 1. The Morgan fingerprint density at radius 2 is 2.17 bits per heavy atom. The second kappa shape index (κ2) is 5.36. The van der Waals surface area contributed by atoms with Crippen molar-refractivity contribution in [2.24, 2.45) is 0 Å². The van der Waals surface area contributed by atoms with Gasteiger partial charge < -0.3 is 5.11 Å². The lowest BCUT2D eigenvalue weighted by Crippen LogP contribution is -2.00. The van der Waals surface area contributed by atoms with Crippen molar-refractivity contribution in [3.05, 3.63) is 40.5 Å². The minimum Gasteiger partial charge on any atom is -0.477 e. The second-order valence-corrected chi connectivity index (χ2v) is 4.66. The SMILES string of the molecule is CCCCc1ccc2nc(C(=O)O)cc(Cl)c2c1. The van der Waals surface area contributed by atoms with Crippen molar-refractivity contribution in [3.63, 3.8) is 0 Å². The third-order valence-electron chi connectivity index (χ3n) is 2.86. The van der Waals surface area contributed by atoms with Gasteiger partial charge in [-0.05, 0) is 36.6 Å². The number of carbonyl (C=O) groups is 1. The van der Waals surface area contributed by atoms with Gasteiger partial charge in [0.1, 0.15) is 5.69 Å².